The molecule has 0 bridgehead atoms. The molecule has 1 aromatic carbocycles. The average molecular weight is 234 g/mol. The predicted molar refractivity (Wildman–Crippen MR) is 57.7 cm³/mol. The van der Waals surface area contributed by atoms with E-state index in [0.29, 0.717) is 16.5 Å². The third kappa shape index (κ3) is 2.30. The lowest BCUT2D eigenvalue weighted by Gasteiger charge is -2.15. The number of hydrogen-bond donors (Lipinski definition) is 0. The topological polar surface area (TPSA) is 29.5 Å². The number of nitrogens with zero attached hydrogens (tertiary/aromatic N) is 1. The molecule has 0 saturated carbocycles. The van der Waals surface area contributed by atoms with Crippen LogP contribution in [0.4, 0.5) is 10.5 Å². The number of rotatable bonds is 2. The van der Waals surface area contributed by atoms with Crippen molar-refractivity contribution in [2.45, 2.75) is 0 Å². The lowest BCUT2D eigenvalue weighted by Crippen LogP contribution is -2.19. The Kier molecular flexibility index (Phi) is 3.61. The maximum Gasteiger partial charge on any atom is 0.320 e. The van der Waals surface area contributed by atoms with Crippen molar-refractivity contribution in [2.75, 3.05) is 19.1 Å². The summed E-state index contributed by atoms with van der Waals surface area (Å²) in [6.07, 6.45) is 0. The summed E-state index contributed by atoms with van der Waals surface area (Å²) in [5.41, 5.74) is 0.549. The van der Waals surface area contributed by atoms with Crippen LogP contribution in [0.5, 0.6) is 5.75 Å². The Balaban J connectivity index is 3.05. The Morgan fingerprint density at radius 2 is 2.14 bits per heavy atom. The molecule has 5 heteroatoms. The maximum absolute atomic E-state index is 10.9. The minimum Gasteiger partial charge on any atom is -0.497 e. The van der Waals surface area contributed by atoms with E-state index in [2.05, 4.69) is 0 Å². The van der Waals surface area contributed by atoms with Gasteiger partial charge in [-0.1, -0.05) is 11.6 Å². The number of carbonyl (C=O) groups is 1. The quantitative estimate of drug-likeness (QED) is 0.581. The fraction of sp³-hybridized carbons (Fsp3) is 0.222. The van der Waals surface area contributed by atoms with Gasteiger partial charge in [-0.25, -0.2) is 0 Å². The summed E-state index contributed by atoms with van der Waals surface area (Å²) in [5, 5.41) is -0.169. The summed E-state index contributed by atoms with van der Waals surface area (Å²) in [6.45, 7) is 0. The van der Waals surface area contributed by atoms with Crippen LogP contribution in [-0.2, 0) is 0 Å². The van der Waals surface area contributed by atoms with E-state index in [4.69, 9.17) is 27.9 Å². The van der Waals surface area contributed by atoms with Gasteiger partial charge in [0.05, 0.1) is 17.8 Å². The van der Waals surface area contributed by atoms with Crippen LogP contribution in [0.1, 0.15) is 0 Å². The third-order valence-corrected chi connectivity index (χ3v) is 2.34. The average Bonchev–Trinajstić information content (AvgIpc) is 2.16. The summed E-state index contributed by atoms with van der Waals surface area (Å²) in [6, 6.07) is 4.99. The van der Waals surface area contributed by atoms with Crippen molar-refractivity contribution in [1.29, 1.82) is 0 Å². The molecule has 0 atom stereocenters. The monoisotopic (exact) mass is 233 g/mol. The van der Waals surface area contributed by atoms with Crippen molar-refractivity contribution in [2.24, 2.45) is 0 Å². The summed E-state index contributed by atoms with van der Waals surface area (Å²) < 4.78 is 4.97. The summed E-state index contributed by atoms with van der Waals surface area (Å²) in [5.74, 6) is 0.633. The zero-order chi connectivity index (χ0) is 10.7. The Labute approximate surface area is 92.2 Å². The highest BCUT2D eigenvalue weighted by Gasteiger charge is 2.11. The van der Waals surface area contributed by atoms with Crippen molar-refractivity contribution >= 4 is 34.3 Å². The Hall–Kier alpha value is -0.930. The second kappa shape index (κ2) is 4.53. The molecule has 0 fully saturated rings. The SMILES string of the molecule is COc1ccc(N(C)C(=O)Cl)c(Cl)c1. The summed E-state index contributed by atoms with van der Waals surface area (Å²) >= 11 is 11.2. The van der Waals surface area contributed by atoms with Crippen LogP contribution in [0, 0.1) is 0 Å². The Morgan fingerprint density at radius 1 is 1.50 bits per heavy atom. The molecule has 76 valence electrons. The Morgan fingerprint density at radius 3 is 2.57 bits per heavy atom. The summed E-state index contributed by atoms with van der Waals surface area (Å²) in [4.78, 5) is 12.1. The van der Waals surface area contributed by atoms with Crippen LogP contribution in [0.25, 0.3) is 0 Å². The van der Waals surface area contributed by atoms with Crippen LogP contribution in [-0.4, -0.2) is 19.5 Å². The first-order valence-electron chi connectivity index (χ1n) is 3.83. The van der Waals surface area contributed by atoms with Crippen molar-refractivity contribution < 1.29 is 9.53 Å². The zero-order valence-electron chi connectivity index (χ0n) is 7.75. The van der Waals surface area contributed by atoms with E-state index in [1.54, 1.807) is 32.4 Å². The fourth-order valence-electron chi connectivity index (χ4n) is 0.981. The van der Waals surface area contributed by atoms with Crippen LogP contribution in [0.2, 0.25) is 5.02 Å². The van der Waals surface area contributed by atoms with Crippen molar-refractivity contribution in [1.82, 2.24) is 0 Å². The zero-order valence-corrected chi connectivity index (χ0v) is 9.26. The van der Waals surface area contributed by atoms with E-state index in [1.165, 1.54) is 4.90 Å². The third-order valence-electron chi connectivity index (χ3n) is 1.78. The molecular formula is C9H9Cl2NO2. The number of hydrogen-bond acceptors (Lipinski definition) is 2. The highest BCUT2D eigenvalue weighted by Crippen LogP contribution is 2.29. The van der Waals surface area contributed by atoms with Gasteiger partial charge >= 0.3 is 5.37 Å². The molecule has 0 spiro atoms. The molecule has 14 heavy (non-hydrogen) atoms. The van der Waals surface area contributed by atoms with Crippen molar-refractivity contribution in [3.63, 3.8) is 0 Å². The van der Waals surface area contributed by atoms with Gasteiger partial charge in [-0.15, -0.1) is 0 Å². The van der Waals surface area contributed by atoms with Crippen LogP contribution >= 0.6 is 23.2 Å². The molecule has 1 amide bonds. The minimum atomic E-state index is -0.586. The minimum absolute atomic E-state index is 0.417. The van der Waals surface area contributed by atoms with Gasteiger partial charge < -0.3 is 9.64 Å². The standard InChI is InChI=1S/C9H9Cl2NO2/c1-12(9(11)13)8-4-3-6(14-2)5-7(8)10/h3-5H,1-2H3. The van der Waals surface area contributed by atoms with Gasteiger partial charge in [0.15, 0.2) is 0 Å². The second-order valence-corrected chi connectivity index (χ2v) is 3.36. The molecule has 0 radical (unpaired) electrons. The number of carbonyl (C=O) groups excluding carboxylic acids is 1. The first kappa shape index (κ1) is 11.1. The van der Waals surface area contributed by atoms with Crippen molar-refractivity contribution in [3.05, 3.63) is 23.2 Å². The molecule has 0 heterocycles. The van der Waals surface area contributed by atoms with Crippen molar-refractivity contribution in [3.8, 4) is 5.75 Å². The van der Waals surface area contributed by atoms with E-state index in [9.17, 15) is 4.79 Å². The number of anilines is 1. The number of halogens is 2. The smallest absolute Gasteiger partial charge is 0.320 e. The lowest BCUT2D eigenvalue weighted by molar-refractivity contribution is 0.265. The summed E-state index contributed by atoms with van der Waals surface area (Å²) in [7, 11) is 3.09. The van der Waals surface area contributed by atoms with Gasteiger partial charge in [-0.3, -0.25) is 4.79 Å². The Bertz CT molecular complexity index is 355. The van der Waals surface area contributed by atoms with Crippen LogP contribution in [0.15, 0.2) is 18.2 Å². The second-order valence-electron chi connectivity index (χ2n) is 2.63. The fourth-order valence-corrected chi connectivity index (χ4v) is 1.37. The number of ether oxygens (including phenoxy) is 1. The molecule has 1 rings (SSSR count). The van der Waals surface area contributed by atoms with E-state index in [-0.39, 0.29) is 0 Å². The molecule has 1 aromatic rings. The highest BCUT2D eigenvalue weighted by atomic mass is 35.5. The molecule has 0 aliphatic carbocycles. The van der Waals surface area contributed by atoms with E-state index in [1.807, 2.05) is 0 Å². The molecule has 0 saturated heterocycles. The van der Waals surface area contributed by atoms with Gasteiger partial charge in [-0.05, 0) is 23.7 Å². The number of benzene rings is 1. The molecule has 0 N–H and O–H groups in total. The molecule has 3 nitrogen and oxygen atoms in total. The molecule has 0 aliphatic heterocycles. The first-order valence-corrected chi connectivity index (χ1v) is 4.58. The molecule has 0 aliphatic rings. The normalized spacial score (nSPS) is 9.71. The van der Waals surface area contributed by atoms with Gasteiger partial charge in [0.25, 0.3) is 0 Å². The van der Waals surface area contributed by atoms with Gasteiger partial charge in [0.1, 0.15) is 5.75 Å². The largest absolute Gasteiger partial charge is 0.497 e. The first-order chi connectivity index (χ1) is 6.56. The maximum atomic E-state index is 10.9. The van der Waals surface area contributed by atoms with Gasteiger partial charge in [0, 0.05) is 13.1 Å². The van der Waals surface area contributed by atoms with Gasteiger partial charge in [-0.2, -0.15) is 0 Å². The lowest BCUT2D eigenvalue weighted by atomic mass is 10.3. The molecular weight excluding hydrogens is 225 g/mol. The molecule has 0 aromatic heterocycles. The number of amides is 1. The molecule has 0 unspecified atom stereocenters. The van der Waals surface area contributed by atoms with E-state index >= 15 is 0 Å². The number of methoxy groups -OCH3 is 1. The van der Waals surface area contributed by atoms with E-state index < -0.39 is 5.37 Å². The van der Waals surface area contributed by atoms with Crippen LogP contribution < -0.4 is 9.64 Å². The van der Waals surface area contributed by atoms with Gasteiger partial charge in [0.2, 0.25) is 0 Å². The predicted octanol–water partition coefficient (Wildman–Crippen LogP) is 3.14. The van der Waals surface area contributed by atoms with Crippen LogP contribution in [0.3, 0.4) is 0 Å². The van der Waals surface area contributed by atoms with E-state index in [0.717, 1.165) is 0 Å². The highest BCUT2D eigenvalue weighted by molar-refractivity contribution is 6.66.